The van der Waals surface area contributed by atoms with Crippen LogP contribution in [-0.2, 0) is 0 Å². The molecule has 0 fully saturated rings. The zero-order valence-electron chi connectivity index (χ0n) is 10.00. The van der Waals surface area contributed by atoms with Crippen molar-refractivity contribution >= 4 is 11.7 Å². The predicted octanol–water partition coefficient (Wildman–Crippen LogP) is 1.07. The summed E-state index contributed by atoms with van der Waals surface area (Å²) in [7, 11) is 0. The van der Waals surface area contributed by atoms with E-state index in [2.05, 4.69) is 27.1 Å². The number of aliphatic hydroxyl groups is 1. The number of hydrogen-bond donors (Lipinski definition) is 2. The molecule has 2 aromatic heterocycles. The van der Waals surface area contributed by atoms with Crippen molar-refractivity contribution in [3.63, 3.8) is 0 Å². The lowest BCUT2D eigenvalue weighted by Crippen LogP contribution is -2.14. The first-order valence-electron chi connectivity index (χ1n) is 5.59. The van der Waals surface area contributed by atoms with E-state index in [9.17, 15) is 4.79 Å². The summed E-state index contributed by atoms with van der Waals surface area (Å²) in [6.07, 6.45) is 1.55. The summed E-state index contributed by atoms with van der Waals surface area (Å²) in [4.78, 5) is 19.9. The van der Waals surface area contributed by atoms with Crippen molar-refractivity contribution in [2.75, 3.05) is 11.9 Å². The molecule has 2 rings (SSSR count). The summed E-state index contributed by atoms with van der Waals surface area (Å²) in [6, 6.07) is 10.2. The highest BCUT2D eigenvalue weighted by molar-refractivity contribution is 6.02. The van der Waals surface area contributed by atoms with E-state index in [0.29, 0.717) is 17.2 Å². The molecular formula is C14H11N3O2. The molecule has 2 N–H and O–H groups in total. The number of rotatable bonds is 2. The average molecular weight is 253 g/mol. The molecule has 2 heterocycles. The lowest BCUT2D eigenvalue weighted by molar-refractivity contribution is 0.102. The van der Waals surface area contributed by atoms with Crippen molar-refractivity contribution < 1.29 is 9.90 Å². The summed E-state index contributed by atoms with van der Waals surface area (Å²) in [6.45, 7) is -0.230. The Balaban J connectivity index is 2.13. The average Bonchev–Trinajstić information content (AvgIpc) is 2.46. The summed E-state index contributed by atoms with van der Waals surface area (Å²) in [5.41, 5.74) is 0.795. The van der Waals surface area contributed by atoms with Crippen LogP contribution in [0.15, 0.2) is 42.6 Å². The predicted molar refractivity (Wildman–Crippen MR) is 70.4 cm³/mol. The van der Waals surface area contributed by atoms with Crippen molar-refractivity contribution in [2.45, 2.75) is 0 Å². The van der Waals surface area contributed by atoms with E-state index in [0.717, 1.165) is 0 Å². The molecule has 5 nitrogen and oxygen atoms in total. The lowest BCUT2D eigenvalue weighted by Gasteiger charge is -2.03. The van der Waals surface area contributed by atoms with Crippen LogP contribution in [0.1, 0.15) is 16.2 Å². The topological polar surface area (TPSA) is 75.1 Å². The van der Waals surface area contributed by atoms with Gasteiger partial charge in [-0.25, -0.2) is 4.98 Å². The number of amides is 1. The van der Waals surface area contributed by atoms with Crippen LogP contribution in [0.4, 0.5) is 5.82 Å². The van der Waals surface area contributed by atoms with Crippen LogP contribution >= 0.6 is 0 Å². The zero-order valence-corrected chi connectivity index (χ0v) is 10.00. The Bertz CT molecular complexity index is 630. The van der Waals surface area contributed by atoms with Crippen LogP contribution in [0, 0.1) is 11.8 Å². The van der Waals surface area contributed by atoms with Gasteiger partial charge < -0.3 is 10.4 Å². The monoisotopic (exact) mass is 253 g/mol. The number of hydrogen-bond acceptors (Lipinski definition) is 4. The molecule has 0 saturated carbocycles. The Hall–Kier alpha value is -2.71. The van der Waals surface area contributed by atoms with Gasteiger partial charge in [0.25, 0.3) is 5.91 Å². The number of nitrogens with one attached hydrogen (secondary N) is 1. The van der Waals surface area contributed by atoms with Crippen LogP contribution in [0.5, 0.6) is 0 Å². The van der Waals surface area contributed by atoms with Crippen LogP contribution < -0.4 is 5.32 Å². The maximum absolute atomic E-state index is 11.8. The smallest absolute Gasteiger partial charge is 0.275 e. The highest BCUT2D eigenvalue weighted by Gasteiger charge is 2.07. The third kappa shape index (κ3) is 3.63. The maximum atomic E-state index is 11.8. The summed E-state index contributed by atoms with van der Waals surface area (Å²) >= 11 is 0. The summed E-state index contributed by atoms with van der Waals surface area (Å²) in [5.74, 6) is 5.22. The number of carbonyl (C=O) groups is 1. The summed E-state index contributed by atoms with van der Waals surface area (Å²) < 4.78 is 0. The molecule has 0 radical (unpaired) electrons. The number of pyridine rings is 2. The Morgan fingerprint density at radius 2 is 2.16 bits per heavy atom. The van der Waals surface area contributed by atoms with Gasteiger partial charge in [0.1, 0.15) is 23.8 Å². The van der Waals surface area contributed by atoms with Gasteiger partial charge in [-0.15, -0.1) is 0 Å². The number of aromatic nitrogens is 2. The van der Waals surface area contributed by atoms with Gasteiger partial charge >= 0.3 is 0 Å². The molecular weight excluding hydrogens is 242 g/mol. The highest BCUT2D eigenvalue weighted by atomic mass is 16.2. The fourth-order valence-electron chi connectivity index (χ4n) is 1.38. The fraction of sp³-hybridized carbons (Fsp3) is 0.0714. The van der Waals surface area contributed by atoms with Gasteiger partial charge in [0.2, 0.25) is 0 Å². The van der Waals surface area contributed by atoms with Gasteiger partial charge in [-0.3, -0.25) is 9.78 Å². The first-order chi connectivity index (χ1) is 9.29. The quantitative estimate of drug-likeness (QED) is 0.785. The van der Waals surface area contributed by atoms with Crippen molar-refractivity contribution in [3.05, 3.63) is 54.0 Å². The van der Waals surface area contributed by atoms with Gasteiger partial charge in [-0.2, -0.15) is 0 Å². The van der Waals surface area contributed by atoms with Gasteiger partial charge in [-0.1, -0.05) is 18.1 Å². The Labute approximate surface area is 110 Å². The largest absolute Gasteiger partial charge is 0.384 e. The second kappa shape index (κ2) is 6.28. The van der Waals surface area contributed by atoms with Gasteiger partial charge in [0, 0.05) is 6.20 Å². The second-order valence-corrected chi connectivity index (χ2v) is 3.54. The SMILES string of the molecule is O=C(Nc1cccc(C#CCO)n1)c1ccccn1. The molecule has 0 bridgehead atoms. The minimum Gasteiger partial charge on any atom is -0.384 e. The molecule has 1 amide bonds. The van der Waals surface area contributed by atoms with Crippen LogP contribution in [-0.4, -0.2) is 27.6 Å². The lowest BCUT2D eigenvalue weighted by atomic mass is 10.3. The van der Waals surface area contributed by atoms with Crippen molar-refractivity contribution in [3.8, 4) is 11.8 Å². The molecule has 2 aromatic rings. The van der Waals surface area contributed by atoms with Crippen molar-refractivity contribution in [2.24, 2.45) is 0 Å². The molecule has 0 aromatic carbocycles. The Morgan fingerprint density at radius 1 is 1.26 bits per heavy atom. The molecule has 0 unspecified atom stereocenters. The highest BCUT2D eigenvalue weighted by Crippen LogP contribution is 2.06. The Morgan fingerprint density at radius 3 is 2.89 bits per heavy atom. The molecule has 0 saturated heterocycles. The maximum Gasteiger partial charge on any atom is 0.275 e. The van der Waals surface area contributed by atoms with E-state index in [1.165, 1.54) is 0 Å². The van der Waals surface area contributed by atoms with Gasteiger partial charge in [0.15, 0.2) is 0 Å². The number of nitrogens with zero attached hydrogens (tertiary/aromatic N) is 2. The molecule has 5 heteroatoms. The van der Waals surface area contributed by atoms with Gasteiger partial charge in [-0.05, 0) is 30.2 Å². The zero-order chi connectivity index (χ0) is 13.5. The molecule has 0 aliphatic carbocycles. The van der Waals surface area contributed by atoms with Crippen LogP contribution in [0.2, 0.25) is 0 Å². The third-order valence-electron chi connectivity index (χ3n) is 2.18. The molecule has 0 aliphatic rings. The molecule has 19 heavy (non-hydrogen) atoms. The molecule has 0 atom stereocenters. The standard InChI is InChI=1S/C14H11N3O2/c18-10-4-6-11-5-3-8-13(16-11)17-14(19)12-7-1-2-9-15-12/h1-3,5,7-9,18H,10H2,(H,16,17,19). The van der Waals surface area contributed by atoms with E-state index in [1.54, 1.807) is 42.6 Å². The van der Waals surface area contributed by atoms with E-state index < -0.39 is 0 Å². The molecule has 0 aliphatic heterocycles. The minimum absolute atomic E-state index is 0.230. The third-order valence-corrected chi connectivity index (χ3v) is 2.18. The first-order valence-corrected chi connectivity index (χ1v) is 5.59. The fourth-order valence-corrected chi connectivity index (χ4v) is 1.38. The first kappa shape index (κ1) is 12.7. The second-order valence-electron chi connectivity index (χ2n) is 3.54. The summed E-state index contributed by atoms with van der Waals surface area (Å²) in [5, 5.41) is 11.2. The van der Waals surface area contributed by atoms with E-state index in [4.69, 9.17) is 5.11 Å². The molecule has 0 spiro atoms. The van der Waals surface area contributed by atoms with E-state index in [-0.39, 0.29) is 12.5 Å². The van der Waals surface area contributed by atoms with E-state index in [1.807, 2.05) is 0 Å². The van der Waals surface area contributed by atoms with Crippen LogP contribution in [0.3, 0.4) is 0 Å². The normalized spacial score (nSPS) is 9.32. The van der Waals surface area contributed by atoms with E-state index >= 15 is 0 Å². The number of aliphatic hydroxyl groups excluding tert-OH is 1. The van der Waals surface area contributed by atoms with Gasteiger partial charge in [0.05, 0.1) is 0 Å². The minimum atomic E-state index is -0.333. The Kier molecular flexibility index (Phi) is 4.21. The number of carbonyl (C=O) groups excluding carboxylic acids is 1. The molecule has 94 valence electrons. The van der Waals surface area contributed by atoms with Crippen molar-refractivity contribution in [1.29, 1.82) is 0 Å². The van der Waals surface area contributed by atoms with Crippen LogP contribution in [0.25, 0.3) is 0 Å². The van der Waals surface area contributed by atoms with Crippen molar-refractivity contribution in [1.82, 2.24) is 9.97 Å². The number of anilines is 1.